The first-order valence-electron chi connectivity index (χ1n) is 8.44. The Kier molecular flexibility index (Phi) is 4.50. The summed E-state index contributed by atoms with van der Waals surface area (Å²) in [6.45, 7) is 3.58. The number of aliphatic hydroxyl groups is 1. The summed E-state index contributed by atoms with van der Waals surface area (Å²) in [4.78, 5) is 13.8. The molecule has 1 aliphatic carbocycles. The lowest BCUT2D eigenvalue weighted by Gasteiger charge is -2.26. The Balaban J connectivity index is 1.65. The number of rotatable bonds is 5. The van der Waals surface area contributed by atoms with Gasteiger partial charge in [-0.3, -0.25) is 4.79 Å². The van der Waals surface area contributed by atoms with Crippen molar-refractivity contribution < 1.29 is 9.90 Å². The maximum atomic E-state index is 11.9. The summed E-state index contributed by atoms with van der Waals surface area (Å²) >= 11 is 0. The second-order valence-corrected chi connectivity index (χ2v) is 6.78. The minimum Gasteiger partial charge on any atom is -0.389 e. The molecule has 4 heteroatoms. The molecule has 1 saturated carbocycles. The van der Waals surface area contributed by atoms with E-state index in [1.807, 2.05) is 17.0 Å². The smallest absolute Gasteiger partial charge is 0.227 e. The lowest BCUT2D eigenvalue weighted by molar-refractivity contribution is -0.117. The number of amides is 1. The molecule has 2 fully saturated rings. The lowest BCUT2D eigenvalue weighted by Crippen LogP contribution is -2.39. The Morgan fingerprint density at radius 1 is 1.32 bits per heavy atom. The van der Waals surface area contributed by atoms with E-state index in [0.717, 1.165) is 44.3 Å². The van der Waals surface area contributed by atoms with Crippen molar-refractivity contribution >= 4 is 11.6 Å². The van der Waals surface area contributed by atoms with Crippen LogP contribution in [0.3, 0.4) is 0 Å². The van der Waals surface area contributed by atoms with Crippen molar-refractivity contribution in [3.63, 3.8) is 0 Å². The fourth-order valence-corrected chi connectivity index (χ4v) is 3.55. The normalized spacial score (nSPS) is 22.3. The van der Waals surface area contributed by atoms with E-state index in [0.29, 0.717) is 13.0 Å². The van der Waals surface area contributed by atoms with Gasteiger partial charge in [0, 0.05) is 31.2 Å². The molecular weight excluding hydrogens is 276 g/mol. The fraction of sp³-hybridized carbons (Fsp3) is 0.611. The molecule has 0 spiro atoms. The number of nitrogens with one attached hydrogen (secondary N) is 1. The molecule has 2 N–H and O–H groups in total. The van der Waals surface area contributed by atoms with Crippen molar-refractivity contribution in [2.24, 2.45) is 0 Å². The standard InChI is InChI=1S/C18H26N2O2/c1-14(19-13-18(22)9-2-3-10-18)15-6-4-7-16(12-15)20-11-5-8-17(20)21/h4,6-7,12,14,19,22H,2-3,5,8-11,13H2,1H3. The number of benzene rings is 1. The summed E-state index contributed by atoms with van der Waals surface area (Å²) in [5, 5.41) is 13.9. The molecule has 120 valence electrons. The van der Waals surface area contributed by atoms with Gasteiger partial charge in [0.15, 0.2) is 0 Å². The third-order valence-electron chi connectivity index (χ3n) is 5.03. The molecule has 3 rings (SSSR count). The Morgan fingerprint density at radius 3 is 2.77 bits per heavy atom. The van der Waals surface area contributed by atoms with Gasteiger partial charge in [0.2, 0.25) is 5.91 Å². The fourth-order valence-electron chi connectivity index (χ4n) is 3.55. The van der Waals surface area contributed by atoms with Gasteiger partial charge in [-0.1, -0.05) is 25.0 Å². The number of hydrogen-bond donors (Lipinski definition) is 2. The van der Waals surface area contributed by atoms with Gasteiger partial charge in [0.25, 0.3) is 0 Å². The van der Waals surface area contributed by atoms with Crippen molar-refractivity contribution in [3.05, 3.63) is 29.8 Å². The molecule has 1 unspecified atom stereocenters. The molecule has 1 heterocycles. The minimum atomic E-state index is -0.531. The third-order valence-corrected chi connectivity index (χ3v) is 5.03. The average molecular weight is 302 g/mol. The zero-order chi connectivity index (χ0) is 15.6. The van der Waals surface area contributed by atoms with Gasteiger partial charge in [0.05, 0.1) is 5.60 Å². The zero-order valence-corrected chi connectivity index (χ0v) is 13.3. The van der Waals surface area contributed by atoms with Crippen LogP contribution < -0.4 is 10.2 Å². The van der Waals surface area contributed by atoms with E-state index in [9.17, 15) is 9.90 Å². The topological polar surface area (TPSA) is 52.6 Å². The van der Waals surface area contributed by atoms with E-state index in [1.165, 1.54) is 5.56 Å². The highest BCUT2D eigenvalue weighted by atomic mass is 16.3. The van der Waals surface area contributed by atoms with Gasteiger partial charge in [-0.15, -0.1) is 0 Å². The predicted octanol–water partition coefficient (Wildman–Crippen LogP) is 2.77. The molecule has 1 aliphatic heterocycles. The summed E-state index contributed by atoms with van der Waals surface area (Å²) in [5.74, 6) is 0.220. The van der Waals surface area contributed by atoms with Gasteiger partial charge >= 0.3 is 0 Å². The van der Waals surface area contributed by atoms with Crippen LogP contribution in [-0.4, -0.2) is 29.7 Å². The van der Waals surface area contributed by atoms with Gasteiger partial charge in [-0.2, -0.15) is 0 Å². The molecule has 1 atom stereocenters. The molecule has 0 radical (unpaired) electrons. The average Bonchev–Trinajstić information content (AvgIpc) is 3.14. The highest BCUT2D eigenvalue weighted by Gasteiger charge is 2.31. The van der Waals surface area contributed by atoms with Crippen LogP contribution in [0.4, 0.5) is 5.69 Å². The number of nitrogens with zero attached hydrogens (tertiary/aromatic N) is 1. The number of anilines is 1. The highest BCUT2D eigenvalue weighted by molar-refractivity contribution is 5.95. The second-order valence-electron chi connectivity index (χ2n) is 6.78. The van der Waals surface area contributed by atoms with Gasteiger partial charge < -0.3 is 15.3 Å². The van der Waals surface area contributed by atoms with Gasteiger partial charge in [0.1, 0.15) is 0 Å². The molecule has 1 aromatic rings. The van der Waals surface area contributed by atoms with E-state index in [1.54, 1.807) is 0 Å². The Hall–Kier alpha value is -1.39. The molecule has 1 aromatic carbocycles. The van der Waals surface area contributed by atoms with E-state index < -0.39 is 5.60 Å². The van der Waals surface area contributed by atoms with Gasteiger partial charge in [-0.05, 0) is 43.9 Å². The van der Waals surface area contributed by atoms with Crippen molar-refractivity contribution in [3.8, 4) is 0 Å². The predicted molar refractivity (Wildman–Crippen MR) is 87.9 cm³/mol. The molecule has 4 nitrogen and oxygen atoms in total. The molecule has 0 aromatic heterocycles. The molecule has 1 amide bonds. The molecule has 2 aliphatic rings. The number of hydrogen-bond acceptors (Lipinski definition) is 3. The third kappa shape index (κ3) is 3.33. The summed E-state index contributed by atoms with van der Waals surface area (Å²) in [6, 6.07) is 8.37. The second kappa shape index (κ2) is 6.39. The van der Waals surface area contributed by atoms with Gasteiger partial charge in [-0.25, -0.2) is 0 Å². The van der Waals surface area contributed by atoms with Crippen molar-refractivity contribution in [1.82, 2.24) is 5.32 Å². The van der Waals surface area contributed by atoms with Crippen LogP contribution in [0.1, 0.15) is 57.1 Å². The Bertz CT molecular complexity index is 538. The van der Waals surface area contributed by atoms with Crippen LogP contribution in [0.2, 0.25) is 0 Å². The Labute approximate surface area is 132 Å². The SMILES string of the molecule is CC(NCC1(O)CCCC1)c1cccc(N2CCCC2=O)c1. The van der Waals surface area contributed by atoms with E-state index in [-0.39, 0.29) is 11.9 Å². The zero-order valence-electron chi connectivity index (χ0n) is 13.3. The summed E-state index contributed by atoms with van der Waals surface area (Å²) in [6.07, 6.45) is 5.65. The first kappa shape index (κ1) is 15.5. The maximum absolute atomic E-state index is 11.9. The van der Waals surface area contributed by atoms with Crippen molar-refractivity contribution in [2.75, 3.05) is 18.0 Å². The van der Waals surface area contributed by atoms with Crippen LogP contribution in [0.25, 0.3) is 0 Å². The monoisotopic (exact) mass is 302 g/mol. The van der Waals surface area contributed by atoms with Crippen LogP contribution >= 0.6 is 0 Å². The molecular formula is C18H26N2O2. The quantitative estimate of drug-likeness (QED) is 0.879. The van der Waals surface area contributed by atoms with Crippen LogP contribution in [0.15, 0.2) is 24.3 Å². The lowest BCUT2D eigenvalue weighted by atomic mass is 10.0. The van der Waals surface area contributed by atoms with E-state index >= 15 is 0 Å². The number of carbonyl (C=O) groups excluding carboxylic acids is 1. The highest BCUT2D eigenvalue weighted by Crippen LogP contribution is 2.30. The first-order chi connectivity index (χ1) is 10.6. The molecule has 1 saturated heterocycles. The van der Waals surface area contributed by atoms with Crippen molar-refractivity contribution in [2.45, 2.75) is 57.1 Å². The van der Waals surface area contributed by atoms with Crippen LogP contribution in [0, 0.1) is 0 Å². The number of carbonyl (C=O) groups is 1. The summed E-state index contributed by atoms with van der Waals surface area (Å²) < 4.78 is 0. The van der Waals surface area contributed by atoms with E-state index in [4.69, 9.17) is 0 Å². The molecule has 22 heavy (non-hydrogen) atoms. The minimum absolute atomic E-state index is 0.169. The maximum Gasteiger partial charge on any atom is 0.227 e. The van der Waals surface area contributed by atoms with Crippen LogP contribution in [-0.2, 0) is 4.79 Å². The largest absolute Gasteiger partial charge is 0.389 e. The van der Waals surface area contributed by atoms with Crippen LogP contribution in [0.5, 0.6) is 0 Å². The summed E-state index contributed by atoms with van der Waals surface area (Å²) in [5.41, 5.74) is 1.63. The van der Waals surface area contributed by atoms with Crippen molar-refractivity contribution in [1.29, 1.82) is 0 Å². The Morgan fingerprint density at radius 2 is 2.09 bits per heavy atom. The first-order valence-corrected chi connectivity index (χ1v) is 8.44. The van der Waals surface area contributed by atoms with E-state index in [2.05, 4.69) is 24.4 Å². The molecule has 0 bridgehead atoms. The summed E-state index contributed by atoms with van der Waals surface area (Å²) in [7, 11) is 0.